The fraction of sp³-hybridized carbons (Fsp3) is 0.217. The Bertz CT molecular complexity index is 5810. The Morgan fingerprint density at radius 3 is 0.808 bits per heavy atom. The summed E-state index contributed by atoms with van der Waals surface area (Å²) in [7, 11) is -1.44. The van der Waals surface area contributed by atoms with Crippen LogP contribution < -0.4 is 5.46 Å². The van der Waals surface area contributed by atoms with Crippen molar-refractivity contribution in [3.63, 3.8) is 0 Å². The molecule has 104 heavy (non-hydrogen) atoms. The third-order valence-electron chi connectivity index (χ3n) is 22.9. The van der Waals surface area contributed by atoms with Crippen LogP contribution in [0.4, 0.5) is 0 Å². The second-order valence-electron chi connectivity index (χ2n) is 30.8. The van der Waals surface area contributed by atoms with E-state index in [1.54, 1.807) is 0 Å². The lowest BCUT2D eigenvalue weighted by Crippen LogP contribution is -2.41. The van der Waals surface area contributed by atoms with Gasteiger partial charge in [-0.1, -0.05) is 227 Å². The van der Waals surface area contributed by atoms with E-state index in [-0.39, 0.29) is 37.3 Å². The Morgan fingerprint density at radius 1 is 0.240 bits per heavy atom. The summed E-state index contributed by atoms with van der Waals surface area (Å²) < 4.78 is 41.8. The molecule has 2 aromatic heterocycles. The fourth-order valence-electron chi connectivity index (χ4n) is 15.5. The molecule has 0 aliphatic carbocycles. The van der Waals surface area contributed by atoms with Gasteiger partial charge in [0.05, 0.1) is 55.7 Å². The third kappa shape index (κ3) is 11.7. The molecule has 3 fully saturated rings. The van der Waals surface area contributed by atoms with E-state index in [0.29, 0.717) is 0 Å². The van der Waals surface area contributed by atoms with Gasteiger partial charge in [0.1, 0.15) is 0 Å². The molecule has 16 aromatic rings. The number of para-hydroxylation sites is 4. The van der Waals surface area contributed by atoms with Crippen molar-refractivity contribution in [3.05, 3.63) is 272 Å². The lowest BCUT2D eigenvalue weighted by molar-refractivity contribution is 0.00578. The van der Waals surface area contributed by atoms with Crippen LogP contribution in [-0.2, 0) is 27.9 Å². The first-order chi connectivity index (χ1) is 48.9. The van der Waals surface area contributed by atoms with E-state index in [9.17, 15) is 0 Å². The average molecular weight is 1390 g/mol. The number of halogens is 1. The van der Waals surface area contributed by atoms with E-state index < -0.39 is 32.3 Å². The summed E-state index contributed by atoms with van der Waals surface area (Å²) >= 11 is 6.80. The first-order valence-electron chi connectivity index (χ1n) is 35.6. The van der Waals surface area contributed by atoms with Crippen molar-refractivity contribution < 1.29 is 27.9 Å². The Kier molecular flexibility index (Phi) is 17.5. The first-order valence-corrected chi connectivity index (χ1v) is 36.0. The lowest BCUT2D eigenvalue weighted by Gasteiger charge is -2.32. The summed E-state index contributed by atoms with van der Waals surface area (Å²) in [4.78, 5) is 0. The molecule has 8 nitrogen and oxygen atoms in total. The number of hydrogen-bond donors (Lipinski definition) is 0. The maximum atomic E-state index is 6.80. The second-order valence-corrected chi connectivity index (χ2v) is 31.2. The van der Waals surface area contributed by atoms with E-state index in [2.05, 4.69) is 304 Å². The van der Waals surface area contributed by atoms with Gasteiger partial charge in [0, 0.05) is 37.9 Å². The standard InChI is InChI=1S/C42H34BNO2.C36H22ClN.C12H24B2O4.2CH4/c1-41(2)42(3,4)46-43(45-41)29-23-28(24-30(26-29)44-39-19-11-9-17-36(39)37-18-10-12-20-40(37)44)27-21-22-35-33-15-6-5-13-31(33)32-14-7-8-16-34(32)38(35)25-27;37-25-19-24(20-26(22-25)38-35-15-7-5-13-32(35)33-14-6-8-16-36(33)38)23-17-18-31-29-11-2-1-9-27(29)28-10-3-4-12-30(28)34(31)21-23;1-9(2)10(3,4)16-13(15-9)14-17-11(5,6)12(7,8)18-14;;/h5-26H,1-4H3;1-22H;1-8H3;2*1H4. The van der Waals surface area contributed by atoms with Crippen LogP contribution in [0.1, 0.15) is 97.9 Å². The molecule has 19 rings (SSSR count). The van der Waals surface area contributed by atoms with Gasteiger partial charge in [-0.05, 0) is 242 Å². The highest BCUT2D eigenvalue weighted by atomic mass is 35.5. The van der Waals surface area contributed by atoms with E-state index in [0.717, 1.165) is 44.1 Å². The maximum absolute atomic E-state index is 6.80. The van der Waals surface area contributed by atoms with Gasteiger partial charge in [-0.3, -0.25) is 0 Å². The normalized spacial score (nSPS) is 16.9. The second kappa shape index (κ2) is 26.0. The Morgan fingerprint density at radius 2 is 0.490 bits per heavy atom. The van der Waals surface area contributed by atoms with E-state index in [1.165, 1.54) is 108 Å². The Balaban J connectivity index is 0.000000135. The van der Waals surface area contributed by atoms with Gasteiger partial charge >= 0.3 is 21.1 Å². The smallest absolute Gasteiger partial charge is 0.405 e. The van der Waals surface area contributed by atoms with Crippen molar-refractivity contribution in [3.8, 4) is 33.6 Å². The molecule has 3 aliphatic heterocycles. The van der Waals surface area contributed by atoms with E-state index in [1.807, 2.05) is 55.4 Å². The highest BCUT2D eigenvalue weighted by Crippen LogP contribution is 2.46. The van der Waals surface area contributed by atoms with Crippen molar-refractivity contribution in [1.82, 2.24) is 9.13 Å². The number of aromatic nitrogens is 2. The van der Waals surface area contributed by atoms with Gasteiger partial charge < -0.3 is 37.1 Å². The van der Waals surface area contributed by atoms with Gasteiger partial charge in [-0.2, -0.15) is 0 Å². The predicted octanol–water partition coefficient (Wildman–Crippen LogP) is 24.3. The van der Waals surface area contributed by atoms with Crippen LogP contribution in [0, 0.1) is 0 Å². The average Bonchev–Trinajstić information content (AvgIpc) is 1.34. The predicted molar refractivity (Wildman–Crippen MR) is 444 cm³/mol. The van der Waals surface area contributed by atoms with Crippen LogP contribution in [0.3, 0.4) is 0 Å². The zero-order valence-corrected chi connectivity index (χ0v) is 60.6. The number of fused-ring (bicyclic) bond motifs is 18. The van der Waals surface area contributed by atoms with Crippen LogP contribution in [0.25, 0.3) is 142 Å². The van der Waals surface area contributed by atoms with Crippen molar-refractivity contribution in [1.29, 1.82) is 0 Å². The molecule has 0 spiro atoms. The number of nitrogens with zero attached hydrogens (tertiary/aromatic N) is 2. The van der Waals surface area contributed by atoms with E-state index in [4.69, 9.17) is 39.5 Å². The molecular weight excluding hydrogens is 1300 g/mol. The number of hydrogen-bond acceptors (Lipinski definition) is 6. The molecule has 0 bridgehead atoms. The molecular formula is C92H88B3ClN2O6. The minimum absolute atomic E-state index is 0. The van der Waals surface area contributed by atoms with Gasteiger partial charge in [0.25, 0.3) is 0 Å². The van der Waals surface area contributed by atoms with Crippen LogP contribution in [0.15, 0.2) is 267 Å². The molecule has 12 heteroatoms. The molecule has 0 saturated carbocycles. The monoisotopic (exact) mass is 1380 g/mol. The molecule has 14 aromatic carbocycles. The minimum Gasteiger partial charge on any atom is -0.405 e. The highest BCUT2D eigenvalue weighted by Gasteiger charge is 2.64. The highest BCUT2D eigenvalue weighted by molar-refractivity contribution is 7.11. The van der Waals surface area contributed by atoms with Gasteiger partial charge in [-0.25, -0.2) is 0 Å². The molecule has 3 saturated heterocycles. The molecule has 0 radical (unpaired) electrons. The maximum Gasteiger partial charge on any atom is 0.494 e. The van der Waals surface area contributed by atoms with Crippen molar-refractivity contribution in [2.45, 2.75) is 132 Å². The lowest BCUT2D eigenvalue weighted by atomic mass is 9.49. The van der Waals surface area contributed by atoms with Crippen molar-refractivity contribution >= 4 is 146 Å². The SMILES string of the molecule is C.C.CC1(C)OB(B2OC(C)(C)C(C)(C)O2)OC1(C)C.CC1(C)OB(c2cc(-c3ccc4c5ccccc5c5ccccc5c4c3)cc(-n3c4ccccc4c4ccccc43)c2)OC1(C)C.Clc1cc(-c2ccc3c4ccccc4c4ccccc4c3c2)cc(-n2c3ccccc3c3ccccc32)c1. The van der Waals surface area contributed by atoms with Gasteiger partial charge in [0.15, 0.2) is 0 Å². The minimum atomic E-state index is -0.484. The molecule has 0 amide bonds. The molecule has 0 N–H and O–H groups in total. The Hall–Kier alpha value is -9.52. The van der Waals surface area contributed by atoms with Gasteiger partial charge in [0.2, 0.25) is 0 Å². The zero-order valence-electron chi connectivity index (χ0n) is 59.9. The summed E-state index contributed by atoms with van der Waals surface area (Å²) in [6, 6.07) is 96.3. The molecule has 5 heterocycles. The van der Waals surface area contributed by atoms with Crippen LogP contribution in [0.2, 0.25) is 5.02 Å². The van der Waals surface area contributed by atoms with Gasteiger partial charge in [-0.15, -0.1) is 0 Å². The molecule has 0 atom stereocenters. The van der Waals surface area contributed by atoms with Crippen molar-refractivity contribution in [2.24, 2.45) is 0 Å². The largest absolute Gasteiger partial charge is 0.494 e. The number of benzene rings is 14. The number of rotatable bonds is 6. The molecule has 3 aliphatic rings. The zero-order chi connectivity index (χ0) is 70.4. The molecule has 518 valence electrons. The summed E-state index contributed by atoms with van der Waals surface area (Å²) in [6.45, 7) is 24.7. The topological polar surface area (TPSA) is 65.2 Å². The summed E-state index contributed by atoms with van der Waals surface area (Å²) in [5, 5.41) is 21.0. The van der Waals surface area contributed by atoms with Crippen LogP contribution in [-0.4, -0.2) is 63.9 Å². The van der Waals surface area contributed by atoms with Crippen LogP contribution in [0.5, 0.6) is 0 Å². The molecule has 0 unspecified atom stereocenters. The summed E-state index contributed by atoms with van der Waals surface area (Å²) in [5.41, 5.74) is 10.1. The fourth-order valence-corrected chi connectivity index (χ4v) is 15.7. The summed E-state index contributed by atoms with van der Waals surface area (Å²) in [5.74, 6) is 0. The quantitative estimate of drug-likeness (QED) is 0.122. The third-order valence-corrected chi connectivity index (χ3v) is 23.2. The Labute approximate surface area is 616 Å². The van der Waals surface area contributed by atoms with Crippen molar-refractivity contribution in [2.75, 3.05) is 0 Å². The first kappa shape index (κ1) is 70.2. The van der Waals surface area contributed by atoms with E-state index >= 15 is 0 Å². The van der Waals surface area contributed by atoms with Crippen LogP contribution >= 0.6 is 11.6 Å². The summed E-state index contributed by atoms with van der Waals surface area (Å²) in [6.07, 6.45) is 0.